The Kier molecular flexibility index (Phi) is 2.64. The van der Waals surface area contributed by atoms with E-state index in [0.29, 0.717) is 5.71 Å². The van der Waals surface area contributed by atoms with Crippen molar-refractivity contribution in [2.45, 2.75) is 6.92 Å². The van der Waals surface area contributed by atoms with Crippen LogP contribution in [0, 0.1) is 5.41 Å². The Morgan fingerprint density at radius 3 is 2.42 bits per heavy atom. The normalized spacial score (nSPS) is 11.2. The Labute approximate surface area is 71.7 Å². The number of hydrogen-bond acceptors (Lipinski definition) is 2. The van der Waals surface area contributed by atoms with Crippen LogP contribution in [0.25, 0.3) is 5.76 Å². The van der Waals surface area contributed by atoms with Crippen LogP contribution in [0.1, 0.15) is 12.5 Å². The van der Waals surface area contributed by atoms with E-state index in [1.165, 1.54) is 6.08 Å². The van der Waals surface area contributed by atoms with Crippen molar-refractivity contribution >= 4 is 11.5 Å². The largest absolute Gasteiger partial charge is 0.507 e. The maximum Gasteiger partial charge on any atom is 0.124 e. The number of rotatable bonds is 2. The Morgan fingerprint density at radius 1 is 1.33 bits per heavy atom. The minimum Gasteiger partial charge on any atom is -0.507 e. The second kappa shape index (κ2) is 3.72. The van der Waals surface area contributed by atoms with E-state index >= 15 is 0 Å². The van der Waals surface area contributed by atoms with Gasteiger partial charge in [0.2, 0.25) is 0 Å². The summed E-state index contributed by atoms with van der Waals surface area (Å²) in [6.45, 7) is 1.62. The van der Waals surface area contributed by atoms with Crippen LogP contribution in [-0.2, 0) is 0 Å². The molecule has 0 aliphatic carbocycles. The Balaban J connectivity index is 2.93. The number of benzene rings is 1. The third kappa shape index (κ3) is 2.23. The zero-order valence-corrected chi connectivity index (χ0v) is 6.91. The molecule has 0 saturated heterocycles. The van der Waals surface area contributed by atoms with Gasteiger partial charge in [-0.3, -0.25) is 0 Å². The molecule has 0 fully saturated rings. The summed E-state index contributed by atoms with van der Waals surface area (Å²) in [5.74, 6) is 0.142. The molecule has 0 aliphatic heterocycles. The maximum atomic E-state index is 9.41. The predicted molar refractivity (Wildman–Crippen MR) is 50.4 cm³/mol. The van der Waals surface area contributed by atoms with Crippen LogP contribution in [-0.4, -0.2) is 10.8 Å². The van der Waals surface area contributed by atoms with E-state index in [4.69, 9.17) is 5.41 Å². The van der Waals surface area contributed by atoms with Gasteiger partial charge >= 0.3 is 0 Å². The summed E-state index contributed by atoms with van der Waals surface area (Å²) in [5, 5.41) is 16.5. The van der Waals surface area contributed by atoms with Crippen LogP contribution >= 0.6 is 0 Å². The lowest BCUT2D eigenvalue weighted by molar-refractivity contribution is 0.512. The summed E-state index contributed by atoms with van der Waals surface area (Å²) in [6.07, 6.45) is 1.43. The molecule has 62 valence electrons. The zero-order valence-electron chi connectivity index (χ0n) is 6.91. The lowest BCUT2D eigenvalue weighted by atomic mass is 10.1. The highest BCUT2D eigenvalue weighted by atomic mass is 16.3. The molecule has 12 heavy (non-hydrogen) atoms. The van der Waals surface area contributed by atoms with Gasteiger partial charge in [0.25, 0.3) is 0 Å². The second-order valence-electron chi connectivity index (χ2n) is 2.58. The fourth-order valence-electron chi connectivity index (χ4n) is 0.897. The van der Waals surface area contributed by atoms with Gasteiger partial charge in [0.05, 0.1) is 0 Å². The summed E-state index contributed by atoms with van der Waals surface area (Å²) in [4.78, 5) is 0. The van der Waals surface area contributed by atoms with Crippen molar-refractivity contribution in [1.29, 1.82) is 5.41 Å². The highest BCUT2D eigenvalue weighted by Gasteiger charge is 1.95. The van der Waals surface area contributed by atoms with Crippen molar-refractivity contribution in [3.05, 3.63) is 42.0 Å². The third-order valence-corrected chi connectivity index (χ3v) is 1.42. The van der Waals surface area contributed by atoms with Crippen molar-refractivity contribution in [2.75, 3.05) is 0 Å². The molecule has 1 aromatic carbocycles. The van der Waals surface area contributed by atoms with Crippen molar-refractivity contribution in [2.24, 2.45) is 0 Å². The Bertz CT molecular complexity index is 301. The first-order chi connectivity index (χ1) is 5.70. The first-order valence-corrected chi connectivity index (χ1v) is 3.71. The highest BCUT2D eigenvalue weighted by Crippen LogP contribution is 2.09. The number of allylic oxidation sites excluding steroid dienone is 1. The molecule has 0 saturated carbocycles. The van der Waals surface area contributed by atoms with E-state index in [2.05, 4.69) is 0 Å². The van der Waals surface area contributed by atoms with E-state index in [9.17, 15) is 5.11 Å². The third-order valence-electron chi connectivity index (χ3n) is 1.42. The topological polar surface area (TPSA) is 44.1 Å². The molecular weight excluding hydrogens is 150 g/mol. The average Bonchev–Trinajstić information content (AvgIpc) is 2.05. The fraction of sp³-hybridized carbons (Fsp3) is 0.100. The molecule has 0 atom stereocenters. The number of nitrogens with one attached hydrogen (secondary N) is 1. The standard InChI is InChI=1S/C10H11NO/c1-8(11)7-10(12)9-5-3-2-4-6-9/h2-7,11-12H,1H3/b10-7-,11-8?. The summed E-state index contributed by atoms with van der Waals surface area (Å²) < 4.78 is 0. The molecule has 2 nitrogen and oxygen atoms in total. The average molecular weight is 161 g/mol. The summed E-state index contributed by atoms with van der Waals surface area (Å²) in [6, 6.07) is 9.18. The summed E-state index contributed by atoms with van der Waals surface area (Å²) in [5.41, 5.74) is 1.08. The summed E-state index contributed by atoms with van der Waals surface area (Å²) >= 11 is 0. The van der Waals surface area contributed by atoms with E-state index in [-0.39, 0.29) is 5.76 Å². The van der Waals surface area contributed by atoms with Crippen LogP contribution in [0.15, 0.2) is 36.4 Å². The Hall–Kier alpha value is -1.57. The molecule has 0 aliphatic rings. The van der Waals surface area contributed by atoms with Crippen molar-refractivity contribution in [1.82, 2.24) is 0 Å². The van der Waals surface area contributed by atoms with E-state index in [0.717, 1.165) is 5.56 Å². The van der Waals surface area contributed by atoms with E-state index in [1.54, 1.807) is 19.1 Å². The number of aliphatic hydroxyl groups excluding tert-OH is 1. The van der Waals surface area contributed by atoms with Gasteiger partial charge in [0.1, 0.15) is 5.76 Å². The minimum absolute atomic E-state index is 0.142. The quantitative estimate of drug-likeness (QED) is 0.508. The van der Waals surface area contributed by atoms with Gasteiger partial charge in [-0.2, -0.15) is 0 Å². The molecule has 2 N–H and O–H groups in total. The molecule has 0 unspecified atom stereocenters. The highest BCUT2D eigenvalue weighted by molar-refractivity contribution is 5.95. The van der Waals surface area contributed by atoms with Gasteiger partial charge in [-0.1, -0.05) is 30.3 Å². The van der Waals surface area contributed by atoms with Crippen molar-refractivity contribution < 1.29 is 5.11 Å². The maximum absolute atomic E-state index is 9.41. The van der Waals surface area contributed by atoms with E-state index in [1.807, 2.05) is 18.2 Å². The predicted octanol–water partition coefficient (Wildman–Crippen LogP) is 2.63. The Morgan fingerprint density at radius 2 is 1.92 bits per heavy atom. The van der Waals surface area contributed by atoms with Gasteiger partial charge in [0, 0.05) is 17.4 Å². The SMILES string of the molecule is CC(=N)/C=C(\O)c1ccccc1. The first kappa shape index (κ1) is 8.53. The molecule has 1 aromatic rings. The number of hydrogen-bond donors (Lipinski definition) is 2. The van der Waals surface area contributed by atoms with Crippen LogP contribution in [0.5, 0.6) is 0 Å². The molecule has 0 aromatic heterocycles. The molecule has 1 rings (SSSR count). The first-order valence-electron chi connectivity index (χ1n) is 3.71. The van der Waals surface area contributed by atoms with Crippen LogP contribution in [0.4, 0.5) is 0 Å². The molecular formula is C10H11NO. The zero-order chi connectivity index (χ0) is 8.97. The number of aliphatic hydroxyl groups is 1. The van der Waals surface area contributed by atoms with Crippen molar-refractivity contribution in [3.8, 4) is 0 Å². The molecule has 2 heteroatoms. The molecule has 0 heterocycles. The molecule has 0 spiro atoms. The van der Waals surface area contributed by atoms with Gasteiger partial charge in [-0.05, 0) is 6.92 Å². The molecule has 0 bridgehead atoms. The molecule has 0 amide bonds. The monoisotopic (exact) mass is 161 g/mol. The smallest absolute Gasteiger partial charge is 0.124 e. The molecule has 0 radical (unpaired) electrons. The van der Waals surface area contributed by atoms with Gasteiger partial charge in [0.15, 0.2) is 0 Å². The summed E-state index contributed by atoms with van der Waals surface area (Å²) in [7, 11) is 0. The fourth-order valence-corrected chi connectivity index (χ4v) is 0.897. The van der Waals surface area contributed by atoms with Gasteiger partial charge in [-0.25, -0.2) is 0 Å². The second-order valence-corrected chi connectivity index (χ2v) is 2.58. The van der Waals surface area contributed by atoms with E-state index < -0.39 is 0 Å². The lowest BCUT2D eigenvalue weighted by Gasteiger charge is -1.97. The van der Waals surface area contributed by atoms with Crippen LogP contribution < -0.4 is 0 Å². The van der Waals surface area contributed by atoms with Crippen LogP contribution in [0.2, 0.25) is 0 Å². The van der Waals surface area contributed by atoms with Gasteiger partial charge < -0.3 is 10.5 Å². The minimum atomic E-state index is 0.142. The van der Waals surface area contributed by atoms with Crippen molar-refractivity contribution in [3.63, 3.8) is 0 Å². The lowest BCUT2D eigenvalue weighted by Crippen LogP contribution is -1.86. The van der Waals surface area contributed by atoms with Gasteiger partial charge in [-0.15, -0.1) is 0 Å². The van der Waals surface area contributed by atoms with Crippen LogP contribution in [0.3, 0.4) is 0 Å².